The summed E-state index contributed by atoms with van der Waals surface area (Å²) in [5.74, 6) is 0.953. The Kier molecular flexibility index (Phi) is 7.94. The number of nitrogens with zero attached hydrogens (tertiary/aromatic N) is 8. The summed E-state index contributed by atoms with van der Waals surface area (Å²) < 4.78 is 14.9. The first-order valence-electron chi connectivity index (χ1n) is 15.3. The number of anilines is 2. The molecule has 0 saturated carbocycles. The van der Waals surface area contributed by atoms with E-state index in [-0.39, 0.29) is 5.91 Å². The minimum Gasteiger partial charge on any atom is -0.462 e. The topological polar surface area (TPSA) is 139 Å². The van der Waals surface area contributed by atoms with E-state index in [9.17, 15) is 10.1 Å². The SMILES string of the molecule is CC1CCC2(Cc3nc(OCCN(C)C)nc(N4CCCn5nc(C(=O)N(C)C)cc5C4)c3CO2)c2c1ccc(N)c2C#N. The fraction of sp³-hybridized carbons (Fsp3) is 0.531. The number of carbonyl (C=O) groups excluding carboxylic acids is 1. The number of ether oxygens (including phenoxy) is 2. The van der Waals surface area contributed by atoms with Crippen molar-refractivity contribution in [2.45, 2.75) is 63.8 Å². The summed E-state index contributed by atoms with van der Waals surface area (Å²) in [6.07, 6.45) is 3.03. The average molecular weight is 600 g/mol. The van der Waals surface area contributed by atoms with Crippen LogP contribution in [0.25, 0.3) is 0 Å². The van der Waals surface area contributed by atoms with Crippen molar-refractivity contribution in [3.8, 4) is 12.1 Å². The second-order valence-electron chi connectivity index (χ2n) is 12.6. The number of nitriles is 1. The third-order valence-corrected chi connectivity index (χ3v) is 9.05. The first kappa shape index (κ1) is 29.8. The van der Waals surface area contributed by atoms with Gasteiger partial charge in [0.05, 0.1) is 30.1 Å². The van der Waals surface area contributed by atoms with Crippen molar-refractivity contribution in [3.63, 3.8) is 0 Å². The molecular weight excluding hydrogens is 558 g/mol. The highest BCUT2D eigenvalue weighted by molar-refractivity contribution is 5.92. The van der Waals surface area contributed by atoms with Gasteiger partial charge >= 0.3 is 6.01 Å². The van der Waals surface area contributed by atoms with Crippen LogP contribution in [0.15, 0.2) is 18.2 Å². The number of hydrogen-bond donors (Lipinski definition) is 1. The number of hydrogen-bond acceptors (Lipinski definition) is 10. The van der Waals surface area contributed by atoms with Crippen LogP contribution < -0.4 is 15.4 Å². The Morgan fingerprint density at radius 1 is 1.25 bits per heavy atom. The maximum atomic E-state index is 12.7. The van der Waals surface area contributed by atoms with Crippen LogP contribution in [0.1, 0.15) is 76.2 Å². The molecule has 12 nitrogen and oxygen atoms in total. The van der Waals surface area contributed by atoms with Gasteiger partial charge in [-0.1, -0.05) is 13.0 Å². The quantitative estimate of drug-likeness (QED) is 0.421. The van der Waals surface area contributed by atoms with Gasteiger partial charge in [0.2, 0.25) is 0 Å². The van der Waals surface area contributed by atoms with Crippen molar-refractivity contribution in [3.05, 3.63) is 57.5 Å². The molecule has 1 aliphatic carbocycles. The largest absolute Gasteiger partial charge is 0.462 e. The smallest absolute Gasteiger partial charge is 0.318 e. The molecule has 0 fully saturated rings. The van der Waals surface area contributed by atoms with Crippen LogP contribution in [-0.2, 0) is 36.5 Å². The molecule has 2 aromatic heterocycles. The molecule has 0 saturated heterocycles. The number of nitrogen functional groups attached to an aromatic ring is 1. The lowest BCUT2D eigenvalue weighted by Crippen LogP contribution is -2.42. The Hall–Kier alpha value is -4.21. The van der Waals surface area contributed by atoms with E-state index < -0.39 is 5.60 Å². The van der Waals surface area contributed by atoms with Gasteiger partial charge in [0.25, 0.3) is 5.91 Å². The first-order chi connectivity index (χ1) is 21.1. The summed E-state index contributed by atoms with van der Waals surface area (Å²) in [5.41, 5.74) is 11.8. The van der Waals surface area contributed by atoms with Gasteiger partial charge in [-0.25, -0.2) is 0 Å². The lowest BCUT2D eigenvalue weighted by Gasteiger charge is -2.45. The Bertz CT molecular complexity index is 1630. The van der Waals surface area contributed by atoms with Crippen molar-refractivity contribution in [2.75, 3.05) is 58.5 Å². The molecule has 1 amide bonds. The van der Waals surface area contributed by atoms with Gasteiger partial charge in [0.15, 0.2) is 5.69 Å². The molecule has 1 aromatic carbocycles. The van der Waals surface area contributed by atoms with Crippen LogP contribution in [0.2, 0.25) is 0 Å². The lowest BCUT2D eigenvalue weighted by atomic mass is 9.69. The number of nitrogens with two attached hydrogens (primary N) is 1. The normalized spacial score (nSPS) is 20.8. The van der Waals surface area contributed by atoms with Crippen molar-refractivity contribution in [1.29, 1.82) is 5.26 Å². The molecule has 1 spiro atoms. The summed E-state index contributed by atoms with van der Waals surface area (Å²) >= 11 is 0. The molecule has 2 aliphatic heterocycles. The second-order valence-corrected chi connectivity index (χ2v) is 12.6. The van der Waals surface area contributed by atoms with Gasteiger partial charge in [-0.15, -0.1) is 0 Å². The molecule has 232 valence electrons. The molecule has 12 heteroatoms. The monoisotopic (exact) mass is 599 g/mol. The second kappa shape index (κ2) is 11.7. The number of aryl methyl sites for hydroxylation is 1. The Balaban J connectivity index is 1.41. The Morgan fingerprint density at radius 2 is 2.07 bits per heavy atom. The third kappa shape index (κ3) is 5.35. The number of fused-ring (bicyclic) bond motifs is 4. The molecule has 3 aliphatic rings. The van der Waals surface area contributed by atoms with Gasteiger partial charge in [-0.3, -0.25) is 9.48 Å². The van der Waals surface area contributed by atoms with Crippen molar-refractivity contribution >= 4 is 17.4 Å². The van der Waals surface area contributed by atoms with E-state index in [1.54, 1.807) is 19.0 Å². The zero-order valence-corrected chi connectivity index (χ0v) is 26.3. The van der Waals surface area contributed by atoms with Crippen LogP contribution in [-0.4, -0.2) is 83.3 Å². The number of benzene rings is 1. The van der Waals surface area contributed by atoms with Crippen LogP contribution in [0.4, 0.5) is 11.5 Å². The van der Waals surface area contributed by atoms with Crippen molar-refractivity contribution in [1.82, 2.24) is 29.5 Å². The standard InChI is InChI=1S/C32H41N9O3/c1-20-9-10-32(28-22(20)7-8-25(34)23(28)17-33)16-27-24(19-44-32)29(36-31(35-27)43-14-13-38(2)3)40-11-6-12-41-21(18-40)15-26(37-41)30(42)39(4)5/h7-8,15,20H,6,9-14,16,18-19,34H2,1-5H3. The van der Waals surface area contributed by atoms with E-state index in [1.807, 2.05) is 37.0 Å². The zero-order valence-electron chi connectivity index (χ0n) is 26.3. The number of rotatable bonds is 6. The van der Waals surface area contributed by atoms with Crippen molar-refractivity contribution < 1.29 is 14.3 Å². The summed E-state index contributed by atoms with van der Waals surface area (Å²) in [7, 11) is 7.46. The molecule has 0 radical (unpaired) electrons. The van der Waals surface area contributed by atoms with E-state index in [1.165, 1.54) is 0 Å². The average Bonchev–Trinajstić information content (AvgIpc) is 3.29. The highest BCUT2D eigenvalue weighted by Gasteiger charge is 2.46. The van der Waals surface area contributed by atoms with E-state index in [0.717, 1.165) is 66.2 Å². The van der Waals surface area contributed by atoms with Crippen LogP contribution >= 0.6 is 0 Å². The molecule has 44 heavy (non-hydrogen) atoms. The first-order valence-corrected chi connectivity index (χ1v) is 15.3. The summed E-state index contributed by atoms with van der Waals surface area (Å²) in [6.45, 7) is 5.67. The van der Waals surface area contributed by atoms with E-state index >= 15 is 0 Å². The van der Waals surface area contributed by atoms with E-state index in [2.05, 4.69) is 27.9 Å². The minimum atomic E-state index is -0.708. The van der Waals surface area contributed by atoms with E-state index in [4.69, 9.17) is 25.2 Å². The maximum Gasteiger partial charge on any atom is 0.318 e. The molecule has 4 heterocycles. The molecular formula is C32H41N9O3. The summed E-state index contributed by atoms with van der Waals surface area (Å²) in [5, 5.41) is 14.8. The molecule has 2 unspecified atom stereocenters. The Morgan fingerprint density at radius 3 is 2.82 bits per heavy atom. The number of amides is 1. The lowest BCUT2D eigenvalue weighted by molar-refractivity contribution is -0.0873. The molecule has 6 rings (SSSR count). The third-order valence-electron chi connectivity index (χ3n) is 9.05. The van der Waals surface area contributed by atoms with Gasteiger partial charge < -0.3 is 29.9 Å². The maximum absolute atomic E-state index is 12.7. The zero-order chi connectivity index (χ0) is 31.2. The summed E-state index contributed by atoms with van der Waals surface area (Å²) in [4.78, 5) is 28.4. The molecule has 2 N–H and O–H groups in total. The number of carbonyl (C=O) groups is 1. The van der Waals surface area contributed by atoms with Gasteiger partial charge in [-0.2, -0.15) is 20.3 Å². The Labute approximate surface area is 258 Å². The van der Waals surface area contributed by atoms with E-state index in [0.29, 0.717) is 61.6 Å². The predicted molar refractivity (Wildman–Crippen MR) is 165 cm³/mol. The van der Waals surface area contributed by atoms with Gasteiger partial charge in [0, 0.05) is 57.0 Å². The van der Waals surface area contributed by atoms with Crippen LogP contribution in [0.5, 0.6) is 6.01 Å². The minimum absolute atomic E-state index is 0.119. The number of likely N-dealkylation sites (N-methyl/N-ethyl adjacent to an activating group) is 1. The van der Waals surface area contributed by atoms with Gasteiger partial charge in [0.1, 0.15) is 24.1 Å². The highest BCUT2D eigenvalue weighted by Crippen LogP contribution is 2.51. The highest BCUT2D eigenvalue weighted by atomic mass is 16.5. The van der Waals surface area contributed by atoms with Crippen molar-refractivity contribution in [2.24, 2.45) is 0 Å². The van der Waals surface area contributed by atoms with Gasteiger partial charge in [-0.05, 0) is 57.0 Å². The fourth-order valence-electron chi connectivity index (χ4n) is 6.65. The predicted octanol–water partition coefficient (Wildman–Crippen LogP) is 3.04. The summed E-state index contributed by atoms with van der Waals surface area (Å²) in [6, 6.07) is 8.47. The van der Waals surface area contributed by atoms with Crippen LogP contribution in [0.3, 0.4) is 0 Å². The molecule has 3 aromatic rings. The number of aromatic nitrogens is 4. The van der Waals surface area contributed by atoms with Crippen LogP contribution in [0, 0.1) is 11.3 Å². The fourth-order valence-corrected chi connectivity index (χ4v) is 6.65. The molecule has 2 atom stereocenters. The molecule has 0 bridgehead atoms.